The molecule has 5 heavy (non-hydrogen) atoms. The lowest BCUT2D eigenvalue weighted by atomic mass is 10.6. The van der Waals surface area contributed by atoms with Crippen molar-refractivity contribution in [3.63, 3.8) is 0 Å². The van der Waals surface area contributed by atoms with Crippen LogP contribution in [0.4, 0.5) is 0 Å². The number of hydrogen-bond donors (Lipinski definition) is 0. The van der Waals surface area contributed by atoms with E-state index in [1.807, 2.05) is 0 Å². The van der Waals surface area contributed by atoms with Gasteiger partial charge in [-0.15, -0.1) is 11.6 Å². The highest BCUT2D eigenvalue weighted by molar-refractivity contribution is 6.17. The maximum Gasteiger partial charge on any atom is 0.0634 e. The van der Waals surface area contributed by atoms with Gasteiger partial charge in [-0.05, 0) is 0 Å². The van der Waals surface area contributed by atoms with Crippen molar-refractivity contribution in [3.05, 3.63) is 0 Å². The standard InChI is InChI=1S/C3H4ClN/c4-2-1-3-5/h1-2H2/i1D2,2D2. The second kappa shape index (κ2) is 3.78. The summed E-state index contributed by atoms with van der Waals surface area (Å²) >= 11 is 4.86. The molecule has 0 bridgehead atoms. The molecule has 0 aromatic rings. The van der Waals surface area contributed by atoms with Crippen LogP contribution in [0, 0.1) is 11.3 Å². The fourth-order valence-electron chi connectivity index (χ4n) is 0.0211. The Bertz CT molecular complexity index is 143. The lowest BCUT2D eigenvalue weighted by Gasteiger charge is -1.63. The van der Waals surface area contributed by atoms with E-state index in [9.17, 15) is 0 Å². The van der Waals surface area contributed by atoms with E-state index in [0.29, 0.717) is 0 Å². The van der Waals surface area contributed by atoms with E-state index >= 15 is 0 Å². The Balaban J connectivity index is 4.39. The molecule has 1 nitrogen and oxygen atoms in total. The largest absolute Gasteiger partial charge is 0.198 e. The van der Waals surface area contributed by atoms with Crippen LogP contribution in [0.25, 0.3) is 0 Å². The van der Waals surface area contributed by atoms with Gasteiger partial charge in [-0.25, -0.2) is 0 Å². The van der Waals surface area contributed by atoms with Crippen molar-refractivity contribution >= 4 is 11.6 Å². The third kappa shape index (κ3) is 3.78. The predicted octanol–water partition coefficient (Wildman–Crippen LogP) is 1.14. The molecule has 0 aliphatic carbocycles. The Morgan fingerprint density at radius 2 is 2.80 bits per heavy atom. The first-order chi connectivity index (χ1) is 3.81. The van der Waals surface area contributed by atoms with E-state index in [0.717, 1.165) is 6.07 Å². The summed E-state index contributed by atoms with van der Waals surface area (Å²) in [6.45, 7) is 0. The van der Waals surface area contributed by atoms with E-state index in [2.05, 4.69) is 0 Å². The molecule has 0 atom stereocenters. The Hall–Kier alpha value is -0.220. The van der Waals surface area contributed by atoms with Crippen LogP contribution in [-0.2, 0) is 0 Å². The smallest absolute Gasteiger partial charge is 0.0634 e. The third-order valence-corrected chi connectivity index (χ3v) is 0.198. The minimum atomic E-state index is -2.62. The van der Waals surface area contributed by atoms with Crippen LogP contribution < -0.4 is 0 Å². The van der Waals surface area contributed by atoms with Crippen LogP contribution in [0.5, 0.6) is 0 Å². The molecule has 0 fully saturated rings. The van der Waals surface area contributed by atoms with Crippen LogP contribution >= 0.6 is 11.6 Å². The van der Waals surface area contributed by atoms with Gasteiger partial charge in [-0.2, -0.15) is 5.26 Å². The monoisotopic (exact) mass is 93.0 g/mol. The van der Waals surface area contributed by atoms with Crippen molar-refractivity contribution < 1.29 is 5.48 Å². The van der Waals surface area contributed by atoms with E-state index in [1.165, 1.54) is 0 Å². The second-order valence-electron chi connectivity index (χ2n) is 0.331. The number of alkyl halides is 1. The first-order valence-electron chi connectivity index (χ1n) is 2.91. The summed E-state index contributed by atoms with van der Waals surface area (Å²) in [6.07, 6.45) is -2.62. The van der Waals surface area contributed by atoms with Gasteiger partial charge in [0, 0.05) is 17.7 Å². The van der Waals surface area contributed by atoms with Crippen LogP contribution in [-0.4, -0.2) is 5.83 Å². The van der Waals surface area contributed by atoms with Crippen molar-refractivity contribution in [3.8, 4) is 6.07 Å². The van der Waals surface area contributed by atoms with Gasteiger partial charge in [0.15, 0.2) is 0 Å². The van der Waals surface area contributed by atoms with Gasteiger partial charge in [-0.1, -0.05) is 0 Å². The maximum absolute atomic E-state index is 7.98. The van der Waals surface area contributed by atoms with E-state index in [4.69, 9.17) is 22.3 Å². The SMILES string of the molecule is [2H]C([2H])(Cl)C([2H])([2H])C#N. The first-order valence-corrected chi connectivity index (χ1v) is 1.29. The zero-order valence-corrected chi connectivity index (χ0v) is 3.08. The fourth-order valence-corrected chi connectivity index (χ4v) is 0.0634. The molecular formula is C3H4ClN. The molecule has 0 aromatic heterocycles. The molecule has 0 amide bonds. The highest BCUT2D eigenvalue weighted by atomic mass is 35.5. The molecule has 28 valence electrons. The summed E-state index contributed by atoms with van der Waals surface area (Å²) in [5.74, 6) is -2.61. The van der Waals surface area contributed by atoms with Crippen molar-refractivity contribution in [1.82, 2.24) is 0 Å². The molecule has 0 N–H and O–H groups in total. The highest BCUT2D eigenvalue weighted by Gasteiger charge is 1.67. The molecular weight excluding hydrogens is 85.5 g/mol. The van der Waals surface area contributed by atoms with Gasteiger partial charge >= 0.3 is 0 Å². The highest BCUT2D eigenvalue weighted by Crippen LogP contribution is 1.76. The lowest BCUT2D eigenvalue weighted by Crippen LogP contribution is -1.60. The van der Waals surface area contributed by atoms with E-state index < -0.39 is 12.2 Å². The summed E-state index contributed by atoms with van der Waals surface area (Å²) in [7, 11) is 0. The molecule has 0 unspecified atom stereocenters. The van der Waals surface area contributed by atoms with Crippen LogP contribution in [0.3, 0.4) is 0 Å². The summed E-state index contributed by atoms with van der Waals surface area (Å²) < 4.78 is 26.4. The molecule has 0 rings (SSSR count). The Morgan fingerprint density at radius 1 is 2.20 bits per heavy atom. The first kappa shape index (κ1) is 1.13. The number of rotatable bonds is 1. The van der Waals surface area contributed by atoms with Crippen molar-refractivity contribution in [2.24, 2.45) is 0 Å². The maximum atomic E-state index is 7.98. The van der Waals surface area contributed by atoms with Crippen molar-refractivity contribution in [2.45, 2.75) is 6.37 Å². The fraction of sp³-hybridized carbons (Fsp3) is 0.667. The Morgan fingerprint density at radius 3 is 2.80 bits per heavy atom. The van der Waals surface area contributed by atoms with Gasteiger partial charge in [0.05, 0.1) is 6.07 Å². The van der Waals surface area contributed by atoms with Crippen LogP contribution in [0.2, 0.25) is 0 Å². The van der Waals surface area contributed by atoms with Crippen LogP contribution in [0.15, 0.2) is 0 Å². The summed E-state index contributed by atoms with van der Waals surface area (Å²) in [4.78, 5) is 0. The molecule has 0 aliphatic rings. The molecule has 0 aromatic carbocycles. The topological polar surface area (TPSA) is 23.8 Å². The zero-order chi connectivity index (χ0) is 7.71. The Kier molecular flexibility index (Phi) is 0.853. The average Bonchev–Trinajstić information content (AvgIpc) is 1.64. The predicted molar refractivity (Wildman–Crippen MR) is 21.0 cm³/mol. The molecule has 0 heterocycles. The molecule has 0 spiro atoms. The van der Waals surface area contributed by atoms with Crippen molar-refractivity contribution in [2.75, 3.05) is 5.83 Å². The molecule has 0 saturated heterocycles. The van der Waals surface area contributed by atoms with Gasteiger partial charge in [0.2, 0.25) is 0 Å². The molecule has 2 heteroatoms. The number of nitrogens with zero attached hydrogens (tertiary/aromatic N) is 1. The third-order valence-electron chi connectivity index (χ3n) is 0.103. The van der Waals surface area contributed by atoms with E-state index in [1.54, 1.807) is 0 Å². The Labute approximate surface area is 41.8 Å². The molecule has 0 radical (unpaired) electrons. The zero-order valence-electron chi connectivity index (χ0n) is 6.33. The molecule has 0 saturated carbocycles. The van der Waals surface area contributed by atoms with Gasteiger partial charge in [-0.3, -0.25) is 0 Å². The molecule has 0 aliphatic heterocycles. The number of hydrogen-bond acceptors (Lipinski definition) is 1. The lowest BCUT2D eigenvalue weighted by molar-refractivity contribution is 1.23. The van der Waals surface area contributed by atoms with Crippen LogP contribution in [0.1, 0.15) is 11.9 Å². The summed E-state index contributed by atoms with van der Waals surface area (Å²) in [6, 6.07) is 1.11. The van der Waals surface area contributed by atoms with E-state index in [-0.39, 0.29) is 0 Å². The summed E-state index contributed by atoms with van der Waals surface area (Å²) in [5, 5.41) is 7.98. The normalized spacial score (nSPS) is 24.0. The average molecular weight is 93.5 g/mol. The number of nitriles is 1. The quantitative estimate of drug-likeness (QED) is 0.446. The van der Waals surface area contributed by atoms with Gasteiger partial charge in [0.25, 0.3) is 0 Å². The number of halogens is 1. The van der Waals surface area contributed by atoms with Gasteiger partial charge in [0.1, 0.15) is 0 Å². The second-order valence-corrected chi connectivity index (χ2v) is 0.520. The minimum absolute atomic E-state index is 1.11. The summed E-state index contributed by atoms with van der Waals surface area (Å²) in [5.41, 5.74) is 0. The minimum Gasteiger partial charge on any atom is -0.198 e. The van der Waals surface area contributed by atoms with Crippen molar-refractivity contribution in [1.29, 1.82) is 5.26 Å². The van der Waals surface area contributed by atoms with Gasteiger partial charge < -0.3 is 0 Å².